The van der Waals surface area contributed by atoms with Crippen molar-refractivity contribution in [3.05, 3.63) is 120 Å². The second-order valence-electron chi connectivity index (χ2n) is 10.1. The van der Waals surface area contributed by atoms with Gasteiger partial charge in [-0.1, -0.05) is 66.7 Å². The van der Waals surface area contributed by atoms with Gasteiger partial charge < -0.3 is 14.5 Å². The summed E-state index contributed by atoms with van der Waals surface area (Å²) in [4.78, 5) is 13.3. The summed E-state index contributed by atoms with van der Waals surface area (Å²) in [6, 6.07) is 29.2. The van der Waals surface area contributed by atoms with Crippen molar-refractivity contribution < 1.29 is 17.9 Å². The molecule has 0 saturated carbocycles. The highest BCUT2D eigenvalue weighted by Gasteiger charge is 2.35. The number of morpholine rings is 1. The van der Waals surface area contributed by atoms with Crippen LogP contribution in [0.15, 0.2) is 103 Å². The zero-order valence-electron chi connectivity index (χ0n) is 22.4. The van der Waals surface area contributed by atoms with E-state index in [0.29, 0.717) is 62.0 Å². The second-order valence-corrected chi connectivity index (χ2v) is 10.1. The highest BCUT2D eigenvalue weighted by atomic mass is 19.4. The summed E-state index contributed by atoms with van der Waals surface area (Å²) in [6.07, 6.45) is -2.89. The number of aromatic nitrogens is 2. The van der Waals surface area contributed by atoms with E-state index < -0.39 is 11.7 Å². The minimum atomic E-state index is -4.57. The molecule has 0 aliphatic carbocycles. The molecular formula is C33H29F3N4O. The number of halogens is 3. The van der Waals surface area contributed by atoms with E-state index >= 15 is 0 Å². The highest BCUT2D eigenvalue weighted by Crippen LogP contribution is 2.41. The first-order chi connectivity index (χ1) is 20.0. The Labute approximate surface area is 236 Å². The van der Waals surface area contributed by atoms with Gasteiger partial charge in [0, 0.05) is 49.0 Å². The number of pyridine rings is 2. The molecule has 3 aromatic carbocycles. The van der Waals surface area contributed by atoms with Gasteiger partial charge in [-0.2, -0.15) is 13.2 Å². The molecule has 0 N–H and O–H groups in total. The van der Waals surface area contributed by atoms with E-state index in [-0.39, 0.29) is 5.69 Å². The topological polar surface area (TPSA) is 41.5 Å². The third-order valence-electron chi connectivity index (χ3n) is 7.26. The lowest BCUT2D eigenvalue weighted by molar-refractivity contribution is -0.137. The van der Waals surface area contributed by atoms with Crippen LogP contribution in [0.5, 0.6) is 0 Å². The van der Waals surface area contributed by atoms with E-state index in [1.807, 2.05) is 72.8 Å². The van der Waals surface area contributed by atoms with Crippen LogP contribution in [0.25, 0.3) is 22.2 Å². The second kappa shape index (κ2) is 11.6. The Bertz CT molecular complexity index is 1580. The third kappa shape index (κ3) is 6.02. The van der Waals surface area contributed by atoms with Gasteiger partial charge in [-0.25, -0.2) is 4.98 Å². The number of ether oxygens (including phenoxy) is 1. The van der Waals surface area contributed by atoms with E-state index in [9.17, 15) is 13.2 Å². The fraction of sp³-hybridized carbons (Fsp3) is 0.212. The molecule has 208 valence electrons. The lowest BCUT2D eigenvalue weighted by Crippen LogP contribution is -2.37. The minimum absolute atomic E-state index is 0.126. The first kappa shape index (κ1) is 26.8. The molecule has 5 nitrogen and oxygen atoms in total. The number of anilines is 2. The Morgan fingerprint density at radius 2 is 1.44 bits per heavy atom. The fourth-order valence-electron chi connectivity index (χ4n) is 5.25. The molecule has 1 aliphatic heterocycles. The van der Waals surface area contributed by atoms with Crippen molar-refractivity contribution in [1.82, 2.24) is 9.97 Å². The molecule has 0 amide bonds. The lowest BCUT2D eigenvalue weighted by atomic mass is 10.0. The molecular weight excluding hydrogens is 525 g/mol. The van der Waals surface area contributed by atoms with Crippen LogP contribution in [-0.4, -0.2) is 36.3 Å². The summed E-state index contributed by atoms with van der Waals surface area (Å²) >= 11 is 0. The molecule has 1 saturated heterocycles. The lowest BCUT2D eigenvalue weighted by Gasteiger charge is -2.30. The summed E-state index contributed by atoms with van der Waals surface area (Å²) in [5.74, 6) is 0.710. The smallest absolute Gasteiger partial charge is 0.378 e. The minimum Gasteiger partial charge on any atom is -0.378 e. The number of nitrogens with zero attached hydrogens (tertiary/aromatic N) is 4. The molecule has 0 radical (unpaired) electrons. The molecule has 1 aliphatic rings. The molecule has 0 spiro atoms. The number of fused-ring (bicyclic) bond motifs is 1. The van der Waals surface area contributed by atoms with E-state index in [1.54, 1.807) is 29.3 Å². The molecule has 41 heavy (non-hydrogen) atoms. The summed E-state index contributed by atoms with van der Waals surface area (Å²) in [6.45, 7) is 3.11. The van der Waals surface area contributed by atoms with Gasteiger partial charge in [0.15, 0.2) is 0 Å². The average Bonchev–Trinajstić information content (AvgIpc) is 3.01. The number of hydrogen-bond donors (Lipinski definition) is 0. The van der Waals surface area contributed by atoms with Gasteiger partial charge in [-0.3, -0.25) is 4.98 Å². The first-order valence-electron chi connectivity index (χ1n) is 13.6. The van der Waals surface area contributed by atoms with E-state index in [4.69, 9.17) is 9.72 Å². The Hall–Kier alpha value is -4.43. The Morgan fingerprint density at radius 3 is 2.07 bits per heavy atom. The van der Waals surface area contributed by atoms with Crippen LogP contribution in [0.2, 0.25) is 0 Å². The van der Waals surface area contributed by atoms with Gasteiger partial charge in [-0.15, -0.1) is 0 Å². The Morgan fingerprint density at radius 1 is 0.780 bits per heavy atom. The number of rotatable bonds is 7. The SMILES string of the molecule is FC(F)(F)c1cc(-c2cc3ncccc3c(N3CCOCC3)n2)ccc1N(Cc1ccccc1)Cc1ccccc1. The number of alkyl halides is 3. The van der Waals surface area contributed by atoms with Crippen LogP contribution >= 0.6 is 0 Å². The van der Waals surface area contributed by atoms with Crippen LogP contribution in [0, 0.1) is 0 Å². The van der Waals surface area contributed by atoms with Gasteiger partial charge in [-0.05, 0) is 41.5 Å². The summed E-state index contributed by atoms with van der Waals surface area (Å²) < 4.78 is 49.7. The molecule has 8 heteroatoms. The maximum Gasteiger partial charge on any atom is 0.418 e. The van der Waals surface area contributed by atoms with Gasteiger partial charge in [0.1, 0.15) is 5.82 Å². The zero-order chi connectivity index (χ0) is 28.2. The standard InChI is InChI=1S/C33H29F3N4O/c34-33(35,36)28-20-26(29-21-30-27(12-7-15-37-30)32(38-29)39-16-18-41-19-17-39)13-14-31(28)40(22-24-8-3-1-4-9-24)23-25-10-5-2-6-11-25/h1-15,20-21H,16-19,22-23H2. The van der Waals surface area contributed by atoms with Crippen LogP contribution in [-0.2, 0) is 24.0 Å². The zero-order valence-corrected chi connectivity index (χ0v) is 22.4. The molecule has 6 rings (SSSR count). The van der Waals surface area contributed by atoms with Crippen LogP contribution < -0.4 is 9.80 Å². The van der Waals surface area contributed by atoms with Gasteiger partial charge in [0.2, 0.25) is 0 Å². The van der Waals surface area contributed by atoms with Crippen LogP contribution in [0.4, 0.5) is 24.7 Å². The predicted octanol–water partition coefficient (Wildman–Crippen LogP) is 7.36. The monoisotopic (exact) mass is 554 g/mol. The van der Waals surface area contributed by atoms with E-state index in [2.05, 4.69) is 9.88 Å². The van der Waals surface area contributed by atoms with Crippen molar-refractivity contribution >= 4 is 22.4 Å². The highest BCUT2D eigenvalue weighted by molar-refractivity contribution is 5.92. The Balaban J connectivity index is 1.45. The summed E-state index contributed by atoms with van der Waals surface area (Å²) in [7, 11) is 0. The summed E-state index contributed by atoms with van der Waals surface area (Å²) in [5.41, 5.74) is 2.82. The van der Waals surface area contributed by atoms with Crippen molar-refractivity contribution in [2.75, 3.05) is 36.1 Å². The molecule has 2 aromatic heterocycles. The van der Waals surface area contributed by atoms with Crippen LogP contribution in [0.1, 0.15) is 16.7 Å². The quantitative estimate of drug-likeness (QED) is 0.210. The Kier molecular flexibility index (Phi) is 7.57. The van der Waals surface area contributed by atoms with Gasteiger partial charge >= 0.3 is 6.18 Å². The summed E-state index contributed by atoms with van der Waals surface area (Å²) in [5, 5.41) is 0.864. The van der Waals surface area contributed by atoms with Crippen LogP contribution in [0.3, 0.4) is 0 Å². The first-order valence-corrected chi connectivity index (χ1v) is 13.6. The van der Waals surface area contributed by atoms with E-state index in [1.165, 1.54) is 6.07 Å². The van der Waals surface area contributed by atoms with E-state index in [0.717, 1.165) is 16.5 Å². The molecule has 5 aromatic rings. The molecule has 0 bridgehead atoms. The van der Waals surface area contributed by atoms with Gasteiger partial charge in [0.25, 0.3) is 0 Å². The van der Waals surface area contributed by atoms with Crippen molar-refractivity contribution in [1.29, 1.82) is 0 Å². The number of hydrogen-bond acceptors (Lipinski definition) is 5. The van der Waals surface area contributed by atoms with Gasteiger partial charge in [0.05, 0.1) is 30.0 Å². The molecule has 0 atom stereocenters. The predicted molar refractivity (Wildman–Crippen MR) is 156 cm³/mol. The average molecular weight is 555 g/mol. The van der Waals surface area contributed by atoms with Crippen molar-refractivity contribution in [2.24, 2.45) is 0 Å². The van der Waals surface area contributed by atoms with Crippen molar-refractivity contribution in [3.63, 3.8) is 0 Å². The fourth-order valence-corrected chi connectivity index (χ4v) is 5.25. The molecule has 1 fully saturated rings. The van der Waals surface area contributed by atoms with Crippen molar-refractivity contribution in [2.45, 2.75) is 19.3 Å². The number of benzene rings is 3. The maximum absolute atomic E-state index is 14.7. The molecule has 0 unspecified atom stereocenters. The normalized spacial score (nSPS) is 13.9. The van der Waals surface area contributed by atoms with Crippen molar-refractivity contribution in [3.8, 4) is 11.3 Å². The largest absolute Gasteiger partial charge is 0.418 e. The maximum atomic E-state index is 14.7. The third-order valence-corrected chi connectivity index (χ3v) is 7.26. The molecule has 3 heterocycles.